The maximum Gasteiger partial charge on any atom is 0.253 e. The number of hydrogen-bond donors (Lipinski definition) is 0. The lowest BCUT2D eigenvalue weighted by Crippen LogP contribution is -2.23. The molecule has 4 nitrogen and oxygen atoms in total. The molecule has 0 bridgehead atoms. The Morgan fingerprint density at radius 3 is 2.87 bits per heavy atom. The van der Waals surface area contributed by atoms with Gasteiger partial charge >= 0.3 is 0 Å². The fraction of sp³-hybridized carbons (Fsp3) is 0.545. The molecule has 1 heterocycles. The van der Waals surface area contributed by atoms with Gasteiger partial charge in [0.25, 0.3) is 5.56 Å². The molecular weight excluding hydrogens is 194 g/mol. The van der Waals surface area contributed by atoms with E-state index in [1.807, 2.05) is 19.1 Å². The molecule has 0 aliphatic heterocycles. The molecule has 15 heavy (non-hydrogen) atoms. The summed E-state index contributed by atoms with van der Waals surface area (Å²) in [6, 6.07) is 3.68. The Kier molecular flexibility index (Phi) is 5.07. The first-order chi connectivity index (χ1) is 7.25. The highest BCUT2D eigenvalue weighted by molar-refractivity contribution is 5.07. The SMILES string of the molecule is COCCOCCn1cccc(C)c1=O. The van der Waals surface area contributed by atoms with Crippen molar-refractivity contribution in [1.29, 1.82) is 0 Å². The zero-order valence-electron chi connectivity index (χ0n) is 9.23. The van der Waals surface area contributed by atoms with Crippen molar-refractivity contribution < 1.29 is 9.47 Å². The molecule has 4 heteroatoms. The van der Waals surface area contributed by atoms with Crippen LogP contribution in [-0.4, -0.2) is 31.5 Å². The Balaban J connectivity index is 2.38. The molecule has 0 aromatic carbocycles. The molecule has 0 aliphatic rings. The van der Waals surface area contributed by atoms with Crippen molar-refractivity contribution in [3.05, 3.63) is 34.2 Å². The van der Waals surface area contributed by atoms with Crippen LogP contribution in [0.25, 0.3) is 0 Å². The molecule has 0 amide bonds. The second-order valence-electron chi connectivity index (χ2n) is 3.29. The van der Waals surface area contributed by atoms with Gasteiger partial charge in [-0.2, -0.15) is 0 Å². The van der Waals surface area contributed by atoms with E-state index in [4.69, 9.17) is 9.47 Å². The fourth-order valence-corrected chi connectivity index (χ4v) is 1.24. The quantitative estimate of drug-likeness (QED) is 0.654. The van der Waals surface area contributed by atoms with Gasteiger partial charge in [0, 0.05) is 25.4 Å². The Hall–Kier alpha value is -1.13. The molecule has 1 aromatic heterocycles. The van der Waals surface area contributed by atoms with Crippen LogP contribution in [0.15, 0.2) is 23.1 Å². The van der Waals surface area contributed by atoms with Gasteiger partial charge in [-0.1, -0.05) is 6.07 Å². The Morgan fingerprint density at radius 1 is 1.33 bits per heavy atom. The van der Waals surface area contributed by atoms with Gasteiger partial charge in [0.1, 0.15) is 0 Å². The van der Waals surface area contributed by atoms with Gasteiger partial charge in [-0.3, -0.25) is 4.79 Å². The summed E-state index contributed by atoms with van der Waals surface area (Å²) in [4.78, 5) is 11.6. The van der Waals surface area contributed by atoms with E-state index in [2.05, 4.69) is 0 Å². The van der Waals surface area contributed by atoms with E-state index in [9.17, 15) is 4.79 Å². The number of aryl methyl sites for hydroxylation is 1. The molecule has 1 aromatic rings. The lowest BCUT2D eigenvalue weighted by molar-refractivity contribution is 0.0662. The summed E-state index contributed by atoms with van der Waals surface area (Å²) in [6.07, 6.45) is 1.77. The summed E-state index contributed by atoms with van der Waals surface area (Å²) in [5.41, 5.74) is 0.808. The van der Waals surface area contributed by atoms with Crippen LogP contribution in [0.4, 0.5) is 0 Å². The van der Waals surface area contributed by atoms with Crippen LogP contribution >= 0.6 is 0 Å². The average Bonchev–Trinajstić information content (AvgIpc) is 2.24. The summed E-state index contributed by atoms with van der Waals surface area (Å²) in [7, 11) is 1.63. The smallest absolute Gasteiger partial charge is 0.253 e. The predicted molar refractivity (Wildman–Crippen MR) is 58.1 cm³/mol. The molecule has 0 unspecified atom stereocenters. The number of pyridine rings is 1. The summed E-state index contributed by atoms with van der Waals surface area (Å²) in [6.45, 7) is 4.08. The Morgan fingerprint density at radius 2 is 2.13 bits per heavy atom. The van der Waals surface area contributed by atoms with Crippen molar-refractivity contribution in [2.75, 3.05) is 26.9 Å². The number of hydrogen-bond acceptors (Lipinski definition) is 3. The standard InChI is InChI=1S/C11H17NO3/c1-10-4-3-5-12(11(10)13)6-7-15-9-8-14-2/h3-5H,6-9H2,1-2H3. The third-order valence-corrected chi connectivity index (χ3v) is 2.12. The van der Waals surface area contributed by atoms with Crippen molar-refractivity contribution in [2.45, 2.75) is 13.5 Å². The van der Waals surface area contributed by atoms with Gasteiger partial charge in [0.05, 0.1) is 19.8 Å². The maximum atomic E-state index is 11.6. The van der Waals surface area contributed by atoms with Gasteiger partial charge < -0.3 is 14.0 Å². The number of nitrogens with zero attached hydrogens (tertiary/aromatic N) is 1. The van der Waals surface area contributed by atoms with E-state index in [1.54, 1.807) is 17.9 Å². The first kappa shape index (κ1) is 11.9. The van der Waals surface area contributed by atoms with E-state index in [0.29, 0.717) is 26.4 Å². The summed E-state index contributed by atoms with van der Waals surface area (Å²) in [5.74, 6) is 0. The highest BCUT2D eigenvalue weighted by atomic mass is 16.5. The highest BCUT2D eigenvalue weighted by Crippen LogP contribution is 1.89. The van der Waals surface area contributed by atoms with Crippen molar-refractivity contribution >= 4 is 0 Å². The van der Waals surface area contributed by atoms with Crippen molar-refractivity contribution in [3.63, 3.8) is 0 Å². The monoisotopic (exact) mass is 211 g/mol. The van der Waals surface area contributed by atoms with Crippen LogP contribution < -0.4 is 5.56 Å². The molecule has 0 atom stereocenters. The number of aromatic nitrogens is 1. The third-order valence-electron chi connectivity index (χ3n) is 2.12. The van der Waals surface area contributed by atoms with Crippen molar-refractivity contribution in [3.8, 4) is 0 Å². The van der Waals surface area contributed by atoms with E-state index < -0.39 is 0 Å². The van der Waals surface area contributed by atoms with Gasteiger partial charge in [0.15, 0.2) is 0 Å². The van der Waals surface area contributed by atoms with Gasteiger partial charge in [0.2, 0.25) is 0 Å². The minimum atomic E-state index is 0.0489. The van der Waals surface area contributed by atoms with Crippen LogP contribution in [0, 0.1) is 6.92 Å². The molecule has 0 N–H and O–H groups in total. The maximum absolute atomic E-state index is 11.6. The van der Waals surface area contributed by atoms with Crippen molar-refractivity contribution in [1.82, 2.24) is 4.57 Å². The molecule has 0 fully saturated rings. The van der Waals surface area contributed by atoms with Crippen LogP contribution in [0.3, 0.4) is 0 Å². The van der Waals surface area contributed by atoms with E-state index in [0.717, 1.165) is 5.56 Å². The number of rotatable bonds is 6. The van der Waals surface area contributed by atoms with Crippen LogP contribution in [-0.2, 0) is 16.0 Å². The zero-order valence-corrected chi connectivity index (χ0v) is 9.23. The van der Waals surface area contributed by atoms with E-state index >= 15 is 0 Å². The molecular formula is C11H17NO3. The Labute approximate surface area is 89.4 Å². The molecule has 0 saturated carbocycles. The molecule has 1 rings (SSSR count). The molecule has 0 spiro atoms. The van der Waals surface area contributed by atoms with Crippen LogP contribution in [0.5, 0.6) is 0 Å². The lowest BCUT2D eigenvalue weighted by Gasteiger charge is -2.06. The second-order valence-corrected chi connectivity index (χ2v) is 3.29. The zero-order chi connectivity index (χ0) is 11.1. The number of methoxy groups -OCH3 is 1. The first-order valence-electron chi connectivity index (χ1n) is 4.98. The molecule has 0 radical (unpaired) electrons. The van der Waals surface area contributed by atoms with Gasteiger partial charge in [-0.05, 0) is 13.0 Å². The Bertz CT molecular complexity index is 346. The highest BCUT2D eigenvalue weighted by Gasteiger charge is 1.97. The van der Waals surface area contributed by atoms with Gasteiger partial charge in [-0.15, -0.1) is 0 Å². The summed E-state index contributed by atoms with van der Waals surface area (Å²) < 4.78 is 11.8. The van der Waals surface area contributed by atoms with Crippen LogP contribution in [0.2, 0.25) is 0 Å². The third kappa shape index (κ3) is 3.85. The van der Waals surface area contributed by atoms with Crippen molar-refractivity contribution in [2.24, 2.45) is 0 Å². The summed E-state index contributed by atoms with van der Waals surface area (Å²) >= 11 is 0. The predicted octanol–water partition coefficient (Wildman–Crippen LogP) is 0.820. The largest absolute Gasteiger partial charge is 0.382 e. The number of ether oxygens (including phenoxy) is 2. The average molecular weight is 211 g/mol. The molecule has 0 aliphatic carbocycles. The van der Waals surface area contributed by atoms with E-state index in [1.165, 1.54) is 0 Å². The summed E-state index contributed by atoms with van der Waals surface area (Å²) in [5, 5.41) is 0. The minimum Gasteiger partial charge on any atom is -0.382 e. The first-order valence-corrected chi connectivity index (χ1v) is 4.98. The van der Waals surface area contributed by atoms with E-state index in [-0.39, 0.29) is 5.56 Å². The lowest BCUT2D eigenvalue weighted by atomic mass is 10.3. The van der Waals surface area contributed by atoms with Gasteiger partial charge in [-0.25, -0.2) is 0 Å². The molecule has 84 valence electrons. The minimum absolute atomic E-state index is 0.0489. The normalized spacial score (nSPS) is 10.5. The second kappa shape index (κ2) is 6.37. The fourth-order valence-electron chi connectivity index (χ4n) is 1.24. The molecule has 0 saturated heterocycles. The van der Waals surface area contributed by atoms with Crippen LogP contribution in [0.1, 0.15) is 5.56 Å². The topological polar surface area (TPSA) is 40.5 Å².